The zero-order valence-corrected chi connectivity index (χ0v) is 8.52. The van der Waals surface area contributed by atoms with Gasteiger partial charge in [-0.3, -0.25) is 14.8 Å². The number of nitro groups is 1. The van der Waals surface area contributed by atoms with Gasteiger partial charge in [0.25, 0.3) is 0 Å². The highest BCUT2D eigenvalue weighted by atomic mass is 16.6. The highest BCUT2D eigenvalue weighted by molar-refractivity contribution is 5.54. The molecule has 0 atom stereocenters. The van der Waals surface area contributed by atoms with Gasteiger partial charge in [0, 0.05) is 13.6 Å². The fourth-order valence-electron chi connectivity index (χ4n) is 1.04. The predicted octanol–water partition coefficient (Wildman–Crippen LogP) is 1.40. The molecule has 6 nitrogen and oxygen atoms in total. The van der Waals surface area contributed by atoms with E-state index in [-0.39, 0.29) is 5.69 Å². The van der Waals surface area contributed by atoms with Crippen LogP contribution < -0.4 is 5.32 Å². The predicted molar refractivity (Wildman–Crippen MR) is 53.2 cm³/mol. The molecule has 0 aliphatic heterocycles. The minimum absolute atomic E-state index is 0.0214. The minimum atomic E-state index is -0.435. The van der Waals surface area contributed by atoms with Crippen molar-refractivity contribution in [1.82, 2.24) is 9.78 Å². The van der Waals surface area contributed by atoms with Gasteiger partial charge in [-0.25, -0.2) is 0 Å². The van der Waals surface area contributed by atoms with E-state index in [1.165, 1.54) is 10.9 Å². The standard InChI is InChI=1S/C8H14N4O2/c1-6(2)4-9-8-7(12(13)14)5-11(3)10-8/h5-6H,4H2,1-3H3,(H,9,10). The van der Waals surface area contributed by atoms with Crippen molar-refractivity contribution in [3.8, 4) is 0 Å². The molecule has 0 aromatic carbocycles. The second-order valence-electron chi connectivity index (χ2n) is 3.57. The lowest BCUT2D eigenvalue weighted by Gasteiger charge is -2.04. The number of aryl methyl sites for hydroxylation is 1. The molecule has 0 aliphatic rings. The zero-order chi connectivity index (χ0) is 10.7. The molecular weight excluding hydrogens is 184 g/mol. The highest BCUT2D eigenvalue weighted by Gasteiger charge is 2.17. The SMILES string of the molecule is CC(C)CNc1nn(C)cc1[N+](=O)[O-]. The van der Waals surface area contributed by atoms with Crippen molar-refractivity contribution < 1.29 is 4.92 Å². The van der Waals surface area contributed by atoms with Gasteiger partial charge in [0.15, 0.2) is 0 Å². The number of nitrogens with one attached hydrogen (secondary N) is 1. The summed E-state index contributed by atoms with van der Waals surface area (Å²) in [5.41, 5.74) is 0.0214. The topological polar surface area (TPSA) is 73.0 Å². The summed E-state index contributed by atoms with van der Waals surface area (Å²) in [4.78, 5) is 10.2. The van der Waals surface area contributed by atoms with Crippen LogP contribution in [-0.2, 0) is 7.05 Å². The number of hydrogen-bond acceptors (Lipinski definition) is 4. The number of aromatic nitrogens is 2. The van der Waals surface area contributed by atoms with Crippen molar-refractivity contribution in [3.05, 3.63) is 16.3 Å². The molecular formula is C8H14N4O2. The molecule has 0 saturated heterocycles. The Morgan fingerprint density at radius 2 is 2.36 bits per heavy atom. The third-order valence-electron chi connectivity index (χ3n) is 1.68. The summed E-state index contributed by atoms with van der Waals surface area (Å²) in [6, 6.07) is 0. The number of hydrogen-bond donors (Lipinski definition) is 1. The van der Waals surface area contributed by atoms with Crippen LogP contribution in [0.25, 0.3) is 0 Å². The Labute approximate surface area is 82.1 Å². The average molecular weight is 198 g/mol. The number of rotatable bonds is 4. The van der Waals surface area contributed by atoms with Crippen molar-refractivity contribution in [2.75, 3.05) is 11.9 Å². The molecule has 0 saturated carbocycles. The summed E-state index contributed by atoms with van der Waals surface area (Å²) in [5, 5.41) is 17.5. The number of anilines is 1. The average Bonchev–Trinajstić information content (AvgIpc) is 2.43. The van der Waals surface area contributed by atoms with Crippen LogP contribution in [0.2, 0.25) is 0 Å². The smallest absolute Gasteiger partial charge is 0.330 e. The summed E-state index contributed by atoms with van der Waals surface area (Å²) in [5.74, 6) is 0.766. The van der Waals surface area contributed by atoms with Crippen LogP contribution in [0.4, 0.5) is 11.5 Å². The van der Waals surface area contributed by atoms with Crippen molar-refractivity contribution in [2.45, 2.75) is 13.8 Å². The van der Waals surface area contributed by atoms with Gasteiger partial charge in [-0.1, -0.05) is 13.8 Å². The second-order valence-corrected chi connectivity index (χ2v) is 3.57. The van der Waals surface area contributed by atoms with Gasteiger partial charge < -0.3 is 5.32 Å². The van der Waals surface area contributed by atoms with Gasteiger partial charge in [-0.05, 0) is 5.92 Å². The minimum Gasteiger partial charge on any atom is -0.363 e. The van der Waals surface area contributed by atoms with E-state index in [2.05, 4.69) is 10.4 Å². The van der Waals surface area contributed by atoms with Crippen molar-refractivity contribution in [3.63, 3.8) is 0 Å². The summed E-state index contributed by atoms with van der Waals surface area (Å²) >= 11 is 0. The molecule has 14 heavy (non-hydrogen) atoms. The Morgan fingerprint density at radius 3 is 2.86 bits per heavy atom. The van der Waals surface area contributed by atoms with Gasteiger partial charge in [-0.2, -0.15) is 0 Å². The maximum atomic E-state index is 10.6. The van der Waals surface area contributed by atoms with E-state index < -0.39 is 4.92 Å². The first-order chi connectivity index (χ1) is 6.50. The molecule has 1 heterocycles. The van der Waals surface area contributed by atoms with Gasteiger partial charge in [0.05, 0.1) is 4.92 Å². The van der Waals surface area contributed by atoms with E-state index >= 15 is 0 Å². The molecule has 0 bridgehead atoms. The first-order valence-electron chi connectivity index (χ1n) is 4.42. The molecule has 1 aromatic rings. The lowest BCUT2D eigenvalue weighted by atomic mass is 10.2. The monoisotopic (exact) mass is 198 g/mol. The van der Waals surface area contributed by atoms with Crippen LogP contribution in [0.5, 0.6) is 0 Å². The van der Waals surface area contributed by atoms with Crippen LogP contribution in [0, 0.1) is 16.0 Å². The van der Waals surface area contributed by atoms with Crippen LogP contribution >= 0.6 is 0 Å². The molecule has 0 radical (unpaired) electrons. The van der Waals surface area contributed by atoms with Gasteiger partial charge in [0.2, 0.25) is 5.82 Å². The maximum absolute atomic E-state index is 10.6. The normalized spacial score (nSPS) is 10.6. The Hall–Kier alpha value is -1.59. The Bertz CT molecular complexity index is 332. The highest BCUT2D eigenvalue weighted by Crippen LogP contribution is 2.21. The van der Waals surface area contributed by atoms with Crippen molar-refractivity contribution in [1.29, 1.82) is 0 Å². The molecule has 0 aliphatic carbocycles. The molecule has 0 amide bonds. The number of nitrogens with zero attached hydrogens (tertiary/aromatic N) is 3. The molecule has 1 aromatic heterocycles. The lowest BCUT2D eigenvalue weighted by molar-refractivity contribution is -0.384. The third kappa shape index (κ3) is 2.45. The summed E-state index contributed by atoms with van der Waals surface area (Å²) in [6.07, 6.45) is 1.39. The fraction of sp³-hybridized carbons (Fsp3) is 0.625. The molecule has 78 valence electrons. The summed E-state index contributed by atoms with van der Waals surface area (Å²) in [6.45, 7) is 4.74. The van der Waals surface area contributed by atoms with Crippen molar-refractivity contribution in [2.24, 2.45) is 13.0 Å². The largest absolute Gasteiger partial charge is 0.363 e. The molecule has 1 rings (SSSR count). The quantitative estimate of drug-likeness (QED) is 0.586. The summed E-state index contributed by atoms with van der Waals surface area (Å²) in [7, 11) is 1.66. The Kier molecular flexibility index (Phi) is 3.06. The van der Waals surface area contributed by atoms with E-state index in [9.17, 15) is 10.1 Å². The van der Waals surface area contributed by atoms with Gasteiger partial charge in [0.1, 0.15) is 6.20 Å². The third-order valence-corrected chi connectivity index (χ3v) is 1.68. The molecule has 0 fully saturated rings. The van der Waals surface area contributed by atoms with E-state index in [0.29, 0.717) is 18.3 Å². The Morgan fingerprint density at radius 1 is 1.71 bits per heavy atom. The van der Waals surface area contributed by atoms with Gasteiger partial charge >= 0.3 is 5.69 Å². The van der Waals surface area contributed by atoms with E-state index in [0.717, 1.165) is 0 Å². The van der Waals surface area contributed by atoms with E-state index in [1.54, 1.807) is 7.05 Å². The molecule has 6 heteroatoms. The first kappa shape index (κ1) is 10.5. The first-order valence-corrected chi connectivity index (χ1v) is 4.42. The molecule has 1 N–H and O–H groups in total. The lowest BCUT2D eigenvalue weighted by Crippen LogP contribution is -2.09. The Balaban J connectivity index is 2.79. The summed E-state index contributed by atoms with van der Waals surface area (Å²) < 4.78 is 1.43. The van der Waals surface area contributed by atoms with Crippen molar-refractivity contribution >= 4 is 11.5 Å². The fourth-order valence-corrected chi connectivity index (χ4v) is 1.04. The van der Waals surface area contributed by atoms with Crippen LogP contribution in [0.3, 0.4) is 0 Å². The maximum Gasteiger partial charge on any atom is 0.330 e. The molecule has 0 unspecified atom stereocenters. The van der Waals surface area contributed by atoms with Crippen LogP contribution in [0.15, 0.2) is 6.20 Å². The van der Waals surface area contributed by atoms with E-state index in [1.807, 2.05) is 13.8 Å². The van der Waals surface area contributed by atoms with Crippen LogP contribution in [0.1, 0.15) is 13.8 Å². The second kappa shape index (κ2) is 4.08. The van der Waals surface area contributed by atoms with Crippen LogP contribution in [-0.4, -0.2) is 21.2 Å². The molecule has 0 spiro atoms. The van der Waals surface area contributed by atoms with Gasteiger partial charge in [-0.15, -0.1) is 5.10 Å². The van der Waals surface area contributed by atoms with E-state index in [4.69, 9.17) is 0 Å². The zero-order valence-electron chi connectivity index (χ0n) is 8.52.